The second-order valence-corrected chi connectivity index (χ2v) is 8.14. The number of rotatable bonds is 7. The normalized spacial score (nSPS) is 10.7. The van der Waals surface area contributed by atoms with E-state index in [1.807, 2.05) is 49.6 Å². The first-order valence-electron chi connectivity index (χ1n) is 11.2. The van der Waals surface area contributed by atoms with Crippen molar-refractivity contribution in [2.45, 2.75) is 6.54 Å². The fourth-order valence-electron chi connectivity index (χ4n) is 3.94. The molecule has 5 aromatic rings. The van der Waals surface area contributed by atoms with Crippen LogP contribution in [0.3, 0.4) is 0 Å². The highest BCUT2D eigenvalue weighted by Crippen LogP contribution is 2.35. The molecule has 0 aliphatic carbocycles. The minimum atomic E-state index is 0.410. The molecule has 2 aromatic carbocycles. The van der Waals surface area contributed by atoms with Crippen LogP contribution in [0.2, 0.25) is 0 Å². The van der Waals surface area contributed by atoms with Gasteiger partial charge in [-0.3, -0.25) is 14.6 Å². The first-order valence-corrected chi connectivity index (χ1v) is 11.2. The van der Waals surface area contributed by atoms with E-state index in [0.717, 1.165) is 39.4 Å². The summed E-state index contributed by atoms with van der Waals surface area (Å²) < 4.78 is 12.8. The molecule has 9 nitrogen and oxygen atoms in total. The second kappa shape index (κ2) is 9.72. The maximum absolute atomic E-state index is 9.36. The van der Waals surface area contributed by atoms with Crippen LogP contribution < -0.4 is 14.4 Å². The van der Waals surface area contributed by atoms with Gasteiger partial charge in [0.25, 0.3) is 0 Å². The van der Waals surface area contributed by atoms with E-state index >= 15 is 0 Å². The second-order valence-electron chi connectivity index (χ2n) is 8.14. The Morgan fingerprint density at radius 3 is 2.42 bits per heavy atom. The number of methoxy groups -OCH3 is 2. The average Bonchev–Trinajstić information content (AvgIpc) is 3.37. The number of anilines is 2. The zero-order valence-corrected chi connectivity index (χ0v) is 20.1. The molecule has 0 spiro atoms. The summed E-state index contributed by atoms with van der Waals surface area (Å²) in [6, 6.07) is 17.2. The first kappa shape index (κ1) is 22.8. The molecular weight excluding hydrogens is 454 g/mol. The first-order chi connectivity index (χ1) is 17.6. The predicted octanol–water partition coefficient (Wildman–Crippen LogP) is 4.65. The lowest BCUT2D eigenvalue weighted by Crippen LogP contribution is -2.17. The summed E-state index contributed by atoms with van der Waals surface area (Å²) in [5.41, 5.74) is 6.16. The fraction of sp³-hybridized carbons (Fsp3) is 0.148. The molecule has 0 atom stereocenters. The largest absolute Gasteiger partial charge is 0.497 e. The molecule has 5 rings (SSSR count). The summed E-state index contributed by atoms with van der Waals surface area (Å²) in [6.07, 6.45) is 7.07. The van der Waals surface area contributed by atoms with Crippen LogP contribution in [-0.4, -0.2) is 39.0 Å². The number of benzene rings is 2. The van der Waals surface area contributed by atoms with Crippen LogP contribution in [-0.2, 0) is 13.6 Å². The summed E-state index contributed by atoms with van der Waals surface area (Å²) in [6.45, 7) is 0.410. The molecule has 3 heterocycles. The molecule has 0 bridgehead atoms. The van der Waals surface area contributed by atoms with E-state index in [1.165, 1.54) is 0 Å². The quantitative estimate of drug-likeness (QED) is 0.334. The van der Waals surface area contributed by atoms with E-state index in [4.69, 9.17) is 14.5 Å². The topological polar surface area (TPSA) is 102 Å². The van der Waals surface area contributed by atoms with Gasteiger partial charge in [0.15, 0.2) is 0 Å². The zero-order valence-electron chi connectivity index (χ0n) is 20.1. The molecule has 0 saturated heterocycles. The van der Waals surface area contributed by atoms with Crippen LogP contribution in [0.15, 0.2) is 73.3 Å². The van der Waals surface area contributed by atoms with Crippen molar-refractivity contribution in [2.24, 2.45) is 7.05 Å². The monoisotopic (exact) mass is 477 g/mol. The van der Waals surface area contributed by atoms with Gasteiger partial charge in [0.05, 0.1) is 67.2 Å². The van der Waals surface area contributed by atoms with Gasteiger partial charge in [-0.15, -0.1) is 0 Å². The van der Waals surface area contributed by atoms with Gasteiger partial charge in [-0.2, -0.15) is 10.4 Å². The molecule has 0 aliphatic rings. The average molecular weight is 478 g/mol. The number of ether oxygens (including phenoxy) is 2. The van der Waals surface area contributed by atoms with Crippen molar-refractivity contribution in [1.29, 1.82) is 5.26 Å². The van der Waals surface area contributed by atoms with E-state index in [1.54, 1.807) is 49.6 Å². The summed E-state index contributed by atoms with van der Waals surface area (Å²) in [5, 5.41) is 13.6. The number of fused-ring (bicyclic) bond motifs is 1. The molecule has 0 radical (unpaired) electrons. The van der Waals surface area contributed by atoms with Crippen molar-refractivity contribution >= 4 is 22.4 Å². The molecule has 9 heteroatoms. The molecule has 0 aliphatic heterocycles. The smallest absolute Gasteiger partial charge is 0.124 e. The Kier molecular flexibility index (Phi) is 6.16. The summed E-state index contributed by atoms with van der Waals surface area (Å²) >= 11 is 0. The third-order valence-corrected chi connectivity index (χ3v) is 5.75. The molecule has 0 unspecified atom stereocenters. The summed E-state index contributed by atoms with van der Waals surface area (Å²) in [5.74, 6) is 1.32. The number of aromatic nitrogens is 5. The van der Waals surface area contributed by atoms with Crippen LogP contribution in [0.4, 0.5) is 11.4 Å². The Hall–Kier alpha value is -4.97. The van der Waals surface area contributed by atoms with Gasteiger partial charge in [-0.25, -0.2) is 4.98 Å². The van der Waals surface area contributed by atoms with Crippen LogP contribution in [0.25, 0.3) is 22.3 Å². The molecule has 0 N–H and O–H groups in total. The third kappa shape index (κ3) is 4.65. The van der Waals surface area contributed by atoms with E-state index in [9.17, 15) is 5.26 Å². The van der Waals surface area contributed by atoms with Gasteiger partial charge < -0.3 is 14.4 Å². The van der Waals surface area contributed by atoms with Gasteiger partial charge in [0.2, 0.25) is 0 Å². The lowest BCUT2D eigenvalue weighted by molar-refractivity contribution is 0.394. The van der Waals surface area contributed by atoms with Gasteiger partial charge in [-0.1, -0.05) is 0 Å². The van der Waals surface area contributed by atoms with Crippen LogP contribution in [0.5, 0.6) is 11.5 Å². The minimum Gasteiger partial charge on any atom is -0.497 e. The van der Waals surface area contributed by atoms with E-state index in [2.05, 4.69) is 26.0 Å². The maximum Gasteiger partial charge on any atom is 0.124 e. The van der Waals surface area contributed by atoms with E-state index in [0.29, 0.717) is 23.6 Å². The van der Waals surface area contributed by atoms with Crippen molar-refractivity contribution < 1.29 is 9.47 Å². The maximum atomic E-state index is 9.36. The highest BCUT2D eigenvalue weighted by Gasteiger charge is 2.16. The third-order valence-electron chi connectivity index (χ3n) is 5.75. The number of nitriles is 1. The standard InChI is InChI=1S/C27H23N7O2/c1-33-16-19(14-31-33)27-15-30-25-5-4-21(11-26(25)32-27)34(17-20-8-18(13-28)6-7-29-20)22-9-23(35-2)12-24(10-22)36-3/h4-12,14-16H,17H2,1-3H3. The minimum absolute atomic E-state index is 0.410. The van der Waals surface area contributed by atoms with Crippen LogP contribution >= 0.6 is 0 Å². The van der Waals surface area contributed by atoms with Crippen molar-refractivity contribution in [2.75, 3.05) is 19.1 Å². The molecule has 178 valence electrons. The highest BCUT2D eigenvalue weighted by molar-refractivity contribution is 5.82. The number of hydrogen-bond acceptors (Lipinski definition) is 8. The highest BCUT2D eigenvalue weighted by atomic mass is 16.5. The Morgan fingerprint density at radius 1 is 0.917 bits per heavy atom. The number of pyridine rings is 1. The number of nitrogens with zero attached hydrogens (tertiary/aromatic N) is 7. The molecular formula is C27H23N7O2. The summed E-state index contributed by atoms with van der Waals surface area (Å²) in [7, 11) is 5.10. The Bertz CT molecular complexity index is 1570. The molecule has 0 amide bonds. The van der Waals surface area contributed by atoms with Gasteiger partial charge in [0.1, 0.15) is 11.5 Å². The van der Waals surface area contributed by atoms with Gasteiger partial charge in [0, 0.05) is 54.6 Å². The SMILES string of the molecule is COc1cc(OC)cc(N(Cc2cc(C#N)ccn2)c2ccc3ncc(-c4cnn(C)c4)nc3c2)c1. The Balaban J connectivity index is 1.63. The summed E-state index contributed by atoms with van der Waals surface area (Å²) in [4.78, 5) is 16.0. The molecule has 3 aromatic heterocycles. The van der Waals surface area contributed by atoms with E-state index in [-0.39, 0.29) is 0 Å². The number of aryl methyl sites for hydroxylation is 1. The molecule has 0 saturated carbocycles. The van der Waals surface area contributed by atoms with Crippen molar-refractivity contribution in [1.82, 2.24) is 24.7 Å². The van der Waals surface area contributed by atoms with Crippen molar-refractivity contribution in [3.63, 3.8) is 0 Å². The Labute approximate surface area is 208 Å². The molecule has 0 fully saturated rings. The lowest BCUT2D eigenvalue weighted by atomic mass is 10.1. The van der Waals surface area contributed by atoms with Gasteiger partial charge >= 0.3 is 0 Å². The van der Waals surface area contributed by atoms with E-state index < -0.39 is 0 Å². The van der Waals surface area contributed by atoms with Crippen LogP contribution in [0, 0.1) is 11.3 Å². The van der Waals surface area contributed by atoms with Crippen LogP contribution in [0.1, 0.15) is 11.3 Å². The van der Waals surface area contributed by atoms with Gasteiger partial charge in [-0.05, 0) is 30.3 Å². The fourth-order valence-corrected chi connectivity index (χ4v) is 3.94. The lowest BCUT2D eigenvalue weighted by Gasteiger charge is -2.26. The Morgan fingerprint density at radius 2 is 1.72 bits per heavy atom. The molecule has 36 heavy (non-hydrogen) atoms. The number of hydrogen-bond donors (Lipinski definition) is 0. The van der Waals surface area contributed by atoms with Crippen molar-refractivity contribution in [3.8, 4) is 28.8 Å². The predicted molar refractivity (Wildman–Crippen MR) is 136 cm³/mol. The zero-order chi connectivity index (χ0) is 25.1. The van der Waals surface area contributed by atoms with Crippen molar-refractivity contribution in [3.05, 3.63) is 84.6 Å².